The fourth-order valence-electron chi connectivity index (χ4n) is 2.29. The lowest BCUT2D eigenvalue weighted by Gasteiger charge is -2.14. The largest absolute Gasteiger partial charge is 0.493 e. The second-order valence-corrected chi connectivity index (χ2v) is 5.68. The molecule has 0 fully saturated rings. The quantitative estimate of drug-likeness (QED) is 0.786. The van der Waals surface area contributed by atoms with Crippen molar-refractivity contribution in [1.29, 1.82) is 0 Å². The molecule has 0 amide bonds. The van der Waals surface area contributed by atoms with E-state index in [0.29, 0.717) is 19.7 Å². The van der Waals surface area contributed by atoms with E-state index in [-0.39, 0.29) is 6.10 Å². The third-order valence-corrected chi connectivity index (χ3v) is 3.64. The van der Waals surface area contributed by atoms with Crippen LogP contribution >= 0.6 is 0 Å². The molecule has 0 spiro atoms. The summed E-state index contributed by atoms with van der Waals surface area (Å²) in [5.41, 5.74) is 3.47. The van der Waals surface area contributed by atoms with Gasteiger partial charge in [0.15, 0.2) is 11.5 Å². The molecule has 0 aliphatic rings. The normalized spacial score (nSPS) is 12.0. The number of aliphatic hydroxyl groups is 1. The predicted octanol–water partition coefficient (Wildman–Crippen LogP) is 3.05. The van der Waals surface area contributed by atoms with Gasteiger partial charge in [-0.3, -0.25) is 0 Å². The van der Waals surface area contributed by atoms with Crippen LogP contribution in [0.5, 0.6) is 11.5 Å². The second-order valence-electron chi connectivity index (χ2n) is 5.68. The highest BCUT2D eigenvalue weighted by Crippen LogP contribution is 2.29. The van der Waals surface area contributed by atoms with Crippen LogP contribution < -0.4 is 14.8 Å². The second kappa shape index (κ2) is 8.56. The molecule has 0 radical (unpaired) electrons. The van der Waals surface area contributed by atoms with E-state index in [1.807, 2.05) is 30.3 Å². The van der Waals surface area contributed by atoms with Crippen molar-refractivity contribution < 1.29 is 14.6 Å². The van der Waals surface area contributed by atoms with Crippen molar-refractivity contribution in [1.82, 2.24) is 5.32 Å². The van der Waals surface area contributed by atoms with E-state index in [1.165, 1.54) is 5.56 Å². The van der Waals surface area contributed by atoms with Crippen molar-refractivity contribution in [2.45, 2.75) is 33.1 Å². The standard InChI is InChI=1S/C19H25NO3/c1-14-6-4-5-7-17(14)13-23-18-9-8-16(10-19(18)22-3)12-20-11-15(2)21/h4-10,15,20-21H,11-13H2,1-3H3/t15-/m1/s1. The van der Waals surface area contributed by atoms with Crippen LogP contribution in [0.4, 0.5) is 0 Å². The van der Waals surface area contributed by atoms with Gasteiger partial charge in [0, 0.05) is 13.1 Å². The summed E-state index contributed by atoms with van der Waals surface area (Å²) in [5.74, 6) is 1.45. The van der Waals surface area contributed by atoms with Gasteiger partial charge < -0.3 is 19.9 Å². The van der Waals surface area contributed by atoms with Crippen LogP contribution in [0.15, 0.2) is 42.5 Å². The Balaban J connectivity index is 2.00. The zero-order chi connectivity index (χ0) is 16.7. The maximum Gasteiger partial charge on any atom is 0.161 e. The van der Waals surface area contributed by atoms with Gasteiger partial charge in [-0.2, -0.15) is 0 Å². The van der Waals surface area contributed by atoms with Gasteiger partial charge in [-0.05, 0) is 42.7 Å². The van der Waals surface area contributed by atoms with Gasteiger partial charge in [-0.25, -0.2) is 0 Å². The lowest BCUT2D eigenvalue weighted by atomic mass is 10.1. The number of aryl methyl sites for hydroxylation is 1. The van der Waals surface area contributed by atoms with Gasteiger partial charge in [0.25, 0.3) is 0 Å². The first-order chi connectivity index (χ1) is 11.1. The minimum Gasteiger partial charge on any atom is -0.493 e. The molecule has 0 aliphatic carbocycles. The van der Waals surface area contributed by atoms with Gasteiger partial charge in [0.2, 0.25) is 0 Å². The lowest BCUT2D eigenvalue weighted by Crippen LogP contribution is -2.23. The van der Waals surface area contributed by atoms with Gasteiger partial charge in [0.05, 0.1) is 13.2 Å². The van der Waals surface area contributed by atoms with Crippen LogP contribution in [0, 0.1) is 6.92 Å². The highest BCUT2D eigenvalue weighted by Gasteiger charge is 2.07. The molecular weight excluding hydrogens is 290 g/mol. The minimum absolute atomic E-state index is 0.353. The fraction of sp³-hybridized carbons (Fsp3) is 0.368. The molecule has 4 nitrogen and oxygen atoms in total. The van der Waals surface area contributed by atoms with E-state index in [1.54, 1.807) is 14.0 Å². The Morgan fingerprint density at radius 1 is 1.13 bits per heavy atom. The van der Waals surface area contributed by atoms with Gasteiger partial charge in [-0.1, -0.05) is 30.3 Å². The molecular formula is C19H25NO3. The number of benzene rings is 2. The monoisotopic (exact) mass is 315 g/mol. The van der Waals surface area contributed by atoms with E-state index in [9.17, 15) is 5.11 Å². The van der Waals surface area contributed by atoms with E-state index in [4.69, 9.17) is 9.47 Å². The Labute approximate surface area is 138 Å². The summed E-state index contributed by atoms with van der Waals surface area (Å²) in [7, 11) is 1.64. The Kier molecular flexibility index (Phi) is 6.44. The molecule has 0 unspecified atom stereocenters. The number of methoxy groups -OCH3 is 1. The lowest BCUT2D eigenvalue weighted by molar-refractivity contribution is 0.191. The first kappa shape index (κ1) is 17.3. The molecule has 1 atom stereocenters. The molecule has 0 saturated carbocycles. The molecule has 0 aromatic heterocycles. The maximum absolute atomic E-state index is 9.27. The van der Waals surface area contributed by atoms with E-state index >= 15 is 0 Å². The average Bonchev–Trinajstić information content (AvgIpc) is 2.54. The van der Waals surface area contributed by atoms with Crippen molar-refractivity contribution in [2.75, 3.05) is 13.7 Å². The van der Waals surface area contributed by atoms with Crippen LogP contribution in [0.25, 0.3) is 0 Å². The van der Waals surface area contributed by atoms with Crippen LogP contribution in [-0.2, 0) is 13.2 Å². The third-order valence-electron chi connectivity index (χ3n) is 3.64. The SMILES string of the molecule is COc1cc(CNC[C@@H](C)O)ccc1OCc1ccccc1C. The number of aliphatic hydroxyl groups excluding tert-OH is 1. The summed E-state index contributed by atoms with van der Waals surface area (Å²) in [5, 5.41) is 12.5. The number of hydrogen-bond acceptors (Lipinski definition) is 4. The van der Waals surface area contributed by atoms with Crippen molar-refractivity contribution in [3.63, 3.8) is 0 Å². The topological polar surface area (TPSA) is 50.7 Å². The Morgan fingerprint density at radius 3 is 2.61 bits per heavy atom. The summed E-state index contributed by atoms with van der Waals surface area (Å²) >= 11 is 0. The summed E-state index contributed by atoms with van der Waals surface area (Å²) in [6.45, 7) is 5.60. The molecule has 2 rings (SSSR count). The van der Waals surface area contributed by atoms with Crippen LogP contribution in [0.3, 0.4) is 0 Å². The fourth-order valence-corrected chi connectivity index (χ4v) is 2.29. The summed E-state index contributed by atoms with van der Waals surface area (Å²) in [6, 6.07) is 14.1. The van der Waals surface area contributed by atoms with Crippen molar-refractivity contribution in [3.8, 4) is 11.5 Å². The highest BCUT2D eigenvalue weighted by molar-refractivity contribution is 5.43. The summed E-state index contributed by atoms with van der Waals surface area (Å²) in [4.78, 5) is 0. The maximum atomic E-state index is 9.27. The van der Waals surface area contributed by atoms with Crippen LogP contribution in [-0.4, -0.2) is 24.9 Å². The summed E-state index contributed by atoms with van der Waals surface area (Å²) in [6.07, 6.45) is -0.353. The van der Waals surface area contributed by atoms with Crippen molar-refractivity contribution >= 4 is 0 Å². The molecule has 0 heterocycles. The van der Waals surface area contributed by atoms with Crippen LogP contribution in [0.2, 0.25) is 0 Å². The van der Waals surface area contributed by atoms with E-state index < -0.39 is 0 Å². The first-order valence-corrected chi connectivity index (χ1v) is 7.83. The van der Waals surface area contributed by atoms with Crippen molar-refractivity contribution in [2.24, 2.45) is 0 Å². The first-order valence-electron chi connectivity index (χ1n) is 7.83. The number of nitrogens with one attached hydrogen (secondary N) is 1. The predicted molar refractivity (Wildman–Crippen MR) is 91.9 cm³/mol. The number of ether oxygens (including phenoxy) is 2. The Hall–Kier alpha value is -2.04. The van der Waals surface area contributed by atoms with Gasteiger partial charge in [0.1, 0.15) is 6.61 Å². The van der Waals surface area contributed by atoms with E-state index in [0.717, 1.165) is 22.6 Å². The molecule has 2 aromatic rings. The molecule has 124 valence electrons. The third kappa shape index (κ3) is 5.27. The smallest absolute Gasteiger partial charge is 0.161 e. The zero-order valence-electron chi connectivity index (χ0n) is 14.0. The Bertz CT molecular complexity index is 626. The van der Waals surface area contributed by atoms with Gasteiger partial charge in [-0.15, -0.1) is 0 Å². The molecule has 4 heteroatoms. The zero-order valence-corrected chi connectivity index (χ0v) is 14.0. The summed E-state index contributed by atoms with van der Waals surface area (Å²) < 4.78 is 11.3. The minimum atomic E-state index is -0.353. The van der Waals surface area contributed by atoms with Crippen LogP contribution in [0.1, 0.15) is 23.6 Å². The molecule has 0 bridgehead atoms. The molecule has 2 N–H and O–H groups in total. The number of hydrogen-bond donors (Lipinski definition) is 2. The molecule has 2 aromatic carbocycles. The number of rotatable bonds is 8. The molecule has 0 saturated heterocycles. The Morgan fingerprint density at radius 2 is 1.91 bits per heavy atom. The average molecular weight is 315 g/mol. The highest BCUT2D eigenvalue weighted by atomic mass is 16.5. The van der Waals surface area contributed by atoms with Crippen molar-refractivity contribution in [3.05, 3.63) is 59.2 Å². The van der Waals surface area contributed by atoms with E-state index in [2.05, 4.69) is 24.4 Å². The molecule has 23 heavy (non-hydrogen) atoms. The molecule has 0 aliphatic heterocycles. The van der Waals surface area contributed by atoms with Gasteiger partial charge >= 0.3 is 0 Å².